The van der Waals surface area contributed by atoms with Crippen molar-refractivity contribution in [1.29, 1.82) is 0 Å². The van der Waals surface area contributed by atoms with E-state index in [1.165, 1.54) is 43.8 Å². The molecule has 0 aliphatic carbocycles. The van der Waals surface area contributed by atoms with E-state index in [9.17, 15) is 13.2 Å². The van der Waals surface area contributed by atoms with Crippen LogP contribution in [0.3, 0.4) is 0 Å². The highest BCUT2D eigenvalue weighted by Crippen LogP contribution is 2.21. The number of amides is 1. The number of hydrogen-bond acceptors (Lipinski definition) is 6. The quantitative estimate of drug-likeness (QED) is 0.868. The Bertz CT molecular complexity index is 731. The smallest absolute Gasteiger partial charge is 0.411 e. The van der Waals surface area contributed by atoms with Crippen LogP contribution in [0.1, 0.15) is 0 Å². The number of anilines is 1. The Hall–Kier alpha value is -2.61. The van der Waals surface area contributed by atoms with E-state index in [0.29, 0.717) is 5.69 Å². The number of carbonyl (C=O) groups excluding carboxylic acids is 1. The summed E-state index contributed by atoms with van der Waals surface area (Å²) in [6, 6.07) is 8.80. The largest absolute Gasteiger partial charge is 0.453 e. The lowest BCUT2D eigenvalue weighted by Crippen LogP contribution is -2.12. The predicted octanol–water partition coefficient (Wildman–Crippen LogP) is 2.03. The number of nitrogens with zero attached hydrogens (tertiary/aromatic N) is 1. The van der Waals surface area contributed by atoms with Gasteiger partial charge in [0.15, 0.2) is 0 Å². The summed E-state index contributed by atoms with van der Waals surface area (Å²) in [5.74, 6) is 0.0627. The number of carbonyl (C=O) groups is 1. The monoisotopic (exact) mass is 308 g/mol. The SMILES string of the molecule is COC(=O)Nc1cccc(OS(=O)(=O)c2cccnc2)c1. The predicted molar refractivity (Wildman–Crippen MR) is 74.5 cm³/mol. The van der Waals surface area contributed by atoms with Crippen LogP contribution in [0.2, 0.25) is 0 Å². The molecule has 7 nitrogen and oxygen atoms in total. The van der Waals surface area contributed by atoms with Crippen LogP contribution in [-0.2, 0) is 14.9 Å². The van der Waals surface area contributed by atoms with E-state index in [2.05, 4.69) is 15.0 Å². The number of methoxy groups -OCH3 is 1. The molecule has 1 N–H and O–H groups in total. The van der Waals surface area contributed by atoms with Crippen molar-refractivity contribution >= 4 is 21.9 Å². The third-order valence-electron chi connectivity index (χ3n) is 2.39. The normalized spacial score (nSPS) is 10.7. The molecular weight excluding hydrogens is 296 g/mol. The zero-order valence-electron chi connectivity index (χ0n) is 11.0. The van der Waals surface area contributed by atoms with Crippen molar-refractivity contribution in [3.63, 3.8) is 0 Å². The number of ether oxygens (including phenoxy) is 1. The Kier molecular flexibility index (Phi) is 4.39. The lowest BCUT2D eigenvalue weighted by atomic mass is 10.3. The summed E-state index contributed by atoms with van der Waals surface area (Å²) in [6.45, 7) is 0. The van der Waals surface area contributed by atoms with Crippen LogP contribution >= 0.6 is 0 Å². The van der Waals surface area contributed by atoms with Crippen molar-refractivity contribution in [3.8, 4) is 5.75 Å². The van der Waals surface area contributed by atoms with Gasteiger partial charge >= 0.3 is 16.2 Å². The van der Waals surface area contributed by atoms with Crippen molar-refractivity contribution in [2.24, 2.45) is 0 Å². The Labute approximate surface area is 121 Å². The van der Waals surface area contributed by atoms with E-state index in [4.69, 9.17) is 4.18 Å². The minimum Gasteiger partial charge on any atom is -0.453 e. The molecule has 0 aliphatic rings. The first-order valence-corrected chi connectivity index (χ1v) is 7.21. The van der Waals surface area contributed by atoms with Crippen LogP contribution in [0.4, 0.5) is 10.5 Å². The van der Waals surface area contributed by atoms with Gasteiger partial charge < -0.3 is 8.92 Å². The van der Waals surface area contributed by atoms with Gasteiger partial charge in [-0.15, -0.1) is 0 Å². The van der Waals surface area contributed by atoms with Gasteiger partial charge in [-0.1, -0.05) is 6.07 Å². The second kappa shape index (κ2) is 6.23. The number of hydrogen-bond donors (Lipinski definition) is 1. The molecule has 1 aromatic carbocycles. The molecule has 1 aromatic heterocycles. The molecular formula is C13H12N2O5S. The number of nitrogens with one attached hydrogen (secondary N) is 1. The minimum atomic E-state index is -3.97. The molecule has 0 saturated heterocycles. The average molecular weight is 308 g/mol. The van der Waals surface area contributed by atoms with Gasteiger partial charge in [-0.25, -0.2) is 4.79 Å². The second-order valence-electron chi connectivity index (χ2n) is 3.87. The summed E-state index contributed by atoms with van der Waals surface area (Å²) in [7, 11) is -2.75. The summed E-state index contributed by atoms with van der Waals surface area (Å²) in [5.41, 5.74) is 0.348. The van der Waals surface area contributed by atoms with E-state index < -0.39 is 16.2 Å². The maximum atomic E-state index is 12.0. The molecule has 0 saturated carbocycles. The van der Waals surface area contributed by atoms with Crippen LogP contribution in [0.5, 0.6) is 5.75 Å². The van der Waals surface area contributed by atoms with E-state index >= 15 is 0 Å². The summed E-state index contributed by atoms with van der Waals surface area (Å²) in [5, 5.41) is 2.41. The zero-order valence-corrected chi connectivity index (χ0v) is 11.8. The van der Waals surface area contributed by atoms with E-state index in [1.807, 2.05) is 0 Å². The molecule has 110 valence electrons. The highest BCUT2D eigenvalue weighted by molar-refractivity contribution is 7.87. The Morgan fingerprint density at radius 2 is 2.05 bits per heavy atom. The second-order valence-corrected chi connectivity index (χ2v) is 5.42. The van der Waals surface area contributed by atoms with E-state index in [0.717, 1.165) is 0 Å². The van der Waals surface area contributed by atoms with Crippen molar-refractivity contribution in [2.45, 2.75) is 4.90 Å². The van der Waals surface area contributed by atoms with Crippen LogP contribution in [-0.4, -0.2) is 26.6 Å². The summed E-state index contributed by atoms with van der Waals surface area (Å²) < 4.78 is 33.5. The highest BCUT2D eigenvalue weighted by atomic mass is 32.2. The summed E-state index contributed by atoms with van der Waals surface area (Å²) in [4.78, 5) is 14.8. The van der Waals surface area contributed by atoms with Gasteiger partial charge in [0.25, 0.3) is 0 Å². The first-order chi connectivity index (χ1) is 10.0. The topological polar surface area (TPSA) is 94.6 Å². The summed E-state index contributed by atoms with van der Waals surface area (Å²) in [6.07, 6.45) is 1.98. The van der Waals surface area contributed by atoms with E-state index in [1.54, 1.807) is 12.1 Å². The molecule has 2 rings (SSSR count). The molecule has 0 unspecified atom stereocenters. The Balaban J connectivity index is 2.20. The molecule has 0 aliphatic heterocycles. The molecule has 0 fully saturated rings. The molecule has 0 atom stereocenters. The number of aromatic nitrogens is 1. The molecule has 0 spiro atoms. The molecule has 0 bridgehead atoms. The van der Waals surface area contributed by atoms with Gasteiger partial charge in [0, 0.05) is 24.1 Å². The molecule has 1 heterocycles. The van der Waals surface area contributed by atoms with Crippen LogP contribution in [0, 0.1) is 0 Å². The maximum Gasteiger partial charge on any atom is 0.411 e. The fourth-order valence-corrected chi connectivity index (χ4v) is 2.35. The van der Waals surface area contributed by atoms with Gasteiger partial charge in [0.1, 0.15) is 10.6 Å². The lowest BCUT2D eigenvalue weighted by molar-refractivity contribution is 0.187. The Morgan fingerprint density at radius 1 is 1.24 bits per heavy atom. The third-order valence-corrected chi connectivity index (χ3v) is 3.63. The van der Waals surface area contributed by atoms with Crippen molar-refractivity contribution < 1.29 is 22.1 Å². The fourth-order valence-electron chi connectivity index (χ4n) is 1.46. The van der Waals surface area contributed by atoms with E-state index in [-0.39, 0.29) is 10.6 Å². The van der Waals surface area contributed by atoms with Gasteiger partial charge in [0.05, 0.1) is 7.11 Å². The van der Waals surface area contributed by atoms with Gasteiger partial charge in [0.2, 0.25) is 0 Å². The number of rotatable bonds is 4. The van der Waals surface area contributed by atoms with Crippen LogP contribution in [0.25, 0.3) is 0 Å². The summed E-state index contributed by atoms with van der Waals surface area (Å²) >= 11 is 0. The molecule has 0 radical (unpaired) electrons. The van der Waals surface area contributed by atoms with Gasteiger partial charge in [-0.05, 0) is 24.3 Å². The third kappa shape index (κ3) is 3.93. The Morgan fingerprint density at radius 3 is 2.71 bits per heavy atom. The highest BCUT2D eigenvalue weighted by Gasteiger charge is 2.16. The van der Waals surface area contributed by atoms with Crippen LogP contribution in [0.15, 0.2) is 53.7 Å². The molecule has 1 amide bonds. The first kappa shape index (κ1) is 14.8. The van der Waals surface area contributed by atoms with Gasteiger partial charge in [-0.3, -0.25) is 10.3 Å². The maximum absolute atomic E-state index is 12.0. The minimum absolute atomic E-state index is 0.0590. The number of benzene rings is 1. The van der Waals surface area contributed by atoms with Crippen molar-refractivity contribution in [2.75, 3.05) is 12.4 Å². The van der Waals surface area contributed by atoms with Crippen molar-refractivity contribution in [1.82, 2.24) is 4.98 Å². The van der Waals surface area contributed by atoms with Crippen molar-refractivity contribution in [3.05, 3.63) is 48.8 Å². The standard InChI is InChI=1S/C13H12N2O5S/c1-19-13(16)15-10-4-2-5-11(8-10)20-21(17,18)12-6-3-7-14-9-12/h2-9H,1H3,(H,15,16). The molecule has 2 aromatic rings. The van der Waals surface area contributed by atoms with Crippen LogP contribution < -0.4 is 9.50 Å². The molecule has 21 heavy (non-hydrogen) atoms. The zero-order chi connectivity index (χ0) is 15.3. The fraction of sp³-hybridized carbons (Fsp3) is 0.0769. The lowest BCUT2D eigenvalue weighted by Gasteiger charge is -2.08. The first-order valence-electron chi connectivity index (χ1n) is 5.81. The van der Waals surface area contributed by atoms with Gasteiger partial charge in [-0.2, -0.15) is 8.42 Å². The average Bonchev–Trinajstić information content (AvgIpc) is 2.48. The number of pyridine rings is 1. The molecule has 8 heteroatoms.